The number of aromatic nitrogens is 1. The summed E-state index contributed by atoms with van der Waals surface area (Å²) in [5.41, 5.74) is 2.43. The number of hydrogen-bond acceptors (Lipinski definition) is 8. The highest BCUT2D eigenvalue weighted by atomic mass is 35.5. The Hall–Kier alpha value is -3.95. The molecule has 4 aromatic rings. The van der Waals surface area contributed by atoms with E-state index >= 15 is 0 Å². The van der Waals surface area contributed by atoms with Crippen molar-refractivity contribution < 1.29 is 23.7 Å². The summed E-state index contributed by atoms with van der Waals surface area (Å²) in [6, 6.07) is 18.2. The summed E-state index contributed by atoms with van der Waals surface area (Å²) in [5, 5.41) is 5.23. The minimum Gasteiger partial charge on any atom is -0.493 e. The van der Waals surface area contributed by atoms with E-state index in [1.807, 2.05) is 51.1 Å². The van der Waals surface area contributed by atoms with Crippen LogP contribution in [0.15, 0.2) is 71.9 Å². The fourth-order valence-electron chi connectivity index (χ4n) is 3.82. The summed E-state index contributed by atoms with van der Waals surface area (Å²) in [5.74, 6) is 2.65. The number of nitrogens with zero attached hydrogens (tertiary/aromatic N) is 2. The summed E-state index contributed by atoms with van der Waals surface area (Å²) in [6.07, 6.45) is 1.67. The van der Waals surface area contributed by atoms with Crippen molar-refractivity contribution in [2.45, 2.75) is 32.1 Å². The Morgan fingerprint density at radius 2 is 1.68 bits per heavy atom. The van der Waals surface area contributed by atoms with E-state index in [0.29, 0.717) is 55.7 Å². The molecule has 0 spiro atoms. The Morgan fingerprint density at radius 3 is 2.32 bits per heavy atom. The van der Waals surface area contributed by atoms with Gasteiger partial charge in [-0.15, -0.1) is 0 Å². The lowest BCUT2D eigenvalue weighted by Gasteiger charge is -2.19. The number of methoxy groups -OCH3 is 2. The second-order valence-corrected chi connectivity index (χ2v) is 11.3. The molecule has 0 saturated heterocycles. The van der Waals surface area contributed by atoms with Crippen LogP contribution in [0.2, 0.25) is 5.02 Å². The fourth-order valence-corrected chi connectivity index (χ4v) is 4.85. The van der Waals surface area contributed by atoms with Gasteiger partial charge in [-0.2, -0.15) is 0 Å². The van der Waals surface area contributed by atoms with Crippen LogP contribution < -0.4 is 19.5 Å². The minimum absolute atomic E-state index is 0.340. The standard InChI is InChI=1S/C31H32ClN3O5S/c1-31(2,3)40-29(36)20-9-7-19(8-10-20)18-41-30(33-4)35-24-12-11-21(15-23(24)32)39-26-13-14-34-25-17-28(38-6)27(37-5)16-22(25)26/h7-17H,18H2,1-6H3,(H,33,35). The monoisotopic (exact) mass is 593 g/mol. The Balaban J connectivity index is 1.41. The molecule has 10 heteroatoms. The summed E-state index contributed by atoms with van der Waals surface area (Å²) in [4.78, 5) is 21.0. The summed E-state index contributed by atoms with van der Waals surface area (Å²) < 4.78 is 22.4. The van der Waals surface area contributed by atoms with Crippen molar-refractivity contribution in [1.82, 2.24) is 4.98 Å². The molecule has 0 aliphatic carbocycles. The predicted molar refractivity (Wildman–Crippen MR) is 166 cm³/mol. The van der Waals surface area contributed by atoms with Gasteiger partial charge < -0.3 is 24.3 Å². The van der Waals surface area contributed by atoms with E-state index in [9.17, 15) is 4.79 Å². The molecular weight excluding hydrogens is 562 g/mol. The van der Waals surface area contributed by atoms with Crippen LogP contribution in [-0.4, -0.2) is 43.0 Å². The van der Waals surface area contributed by atoms with Gasteiger partial charge in [0.1, 0.15) is 17.1 Å². The zero-order valence-corrected chi connectivity index (χ0v) is 25.4. The van der Waals surface area contributed by atoms with E-state index in [4.69, 9.17) is 30.5 Å². The van der Waals surface area contributed by atoms with Crippen molar-refractivity contribution in [3.05, 3.63) is 83.0 Å². The van der Waals surface area contributed by atoms with E-state index in [1.165, 1.54) is 11.8 Å². The quantitative estimate of drug-likeness (QED) is 0.125. The molecule has 0 bridgehead atoms. The molecule has 0 fully saturated rings. The van der Waals surface area contributed by atoms with Crippen LogP contribution in [0, 0.1) is 0 Å². The molecule has 0 aliphatic heterocycles. The van der Waals surface area contributed by atoms with Gasteiger partial charge in [0.05, 0.1) is 36.0 Å². The molecular formula is C31H32ClN3O5S. The normalized spacial score (nSPS) is 11.7. The van der Waals surface area contributed by atoms with Crippen LogP contribution in [0.25, 0.3) is 10.9 Å². The Morgan fingerprint density at radius 1 is 0.976 bits per heavy atom. The van der Waals surface area contributed by atoms with Crippen LogP contribution in [-0.2, 0) is 10.5 Å². The third kappa shape index (κ3) is 7.83. The van der Waals surface area contributed by atoms with Gasteiger partial charge in [0.25, 0.3) is 0 Å². The third-order valence-electron chi connectivity index (χ3n) is 5.78. The molecule has 0 saturated carbocycles. The molecule has 41 heavy (non-hydrogen) atoms. The second kappa shape index (κ2) is 13.1. The number of nitrogens with one attached hydrogen (secondary N) is 1. The molecule has 0 amide bonds. The van der Waals surface area contributed by atoms with Crippen molar-refractivity contribution in [3.8, 4) is 23.0 Å². The number of rotatable bonds is 8. The van der Waals surface area contributed by atoms with Gasteiger partial charge in [0, 0.05) is 36.5 Å². The first kappa shape index (κ1) is 30.0. The predicted octanol–water partition coefficient (Wildman–Crippen LogP) is 7.98. The maximum Gasteiger partial charge on any atom is 0.338 e. The number of anilines is 1. The number of hydrogen-bond donors (Lipinski definition) is 1. The van der Waals surface area contributed by atoms with E-state index < -0.39 is 5.60 Å². The highest BCUT2D eigenvalue weighted by molar-refractivity contribution is 8.13. The maximum atomic E-state index is 12.3. The number of ether oxygens (including phenoxy) is 4. The molecule has 0 unspecified atom stereocenters. The van der Waals surface area contributed by atoms with Gasteiger partial charge in [-0.25, -0.2) is 4.79 Å². The highest BCUT2D eigenvalue weighted by Crippen LogP contribution is 2.38. The van der Waals surface area contributed by atoms with Crippen molar-refractivity contribution in [1.29, 1.82) is 0 Å². The van der Waals surface area contributed by atoms with Gasteiger partial charge in [-0.1, -0.05) is 35.5 Å². The zero-order valence-electron chi connectivity index (χ0n) is 23.8. The molecule has 0 aliphatic rings. The van der Waals surface area contributed by atoms with Crippen molar-refractivity contribution >= 4 is 51.1 Å². The van der Waals surface area contributed by atoms with E-state index in [1.54, 1.807) is 57.8 Å². The second-order valence-electron chi connectivity index (χ2n) is 9.92. The third-order valence-corrected chi connectivity index (χ3v) is 7.13. The summed E-state index contributed by atoms with van der Waals surface area (Å²) in [6.45, 7) is 5.54. The van der Waals surface area contributed by atoms with Crippen molar-refractivity contribution in [2.24, 2.45) is 4.99 Å². The number of pyridine rings is 1. The fraction of sp³-hybridized carbons (Fsp3) is 0.258. The zero-order chi connectivity index (χ0) is 29.6. The largest absolute Gasteiger partial charge is 0.493 e. The maximum absolute atomic E-state index is 12.3. The molecule has 214 valence electrons. The Bertz CT molecular complexity index is 1570. The lowest BCUT2D eigenvalue weighted by molar-refractivity contribution is 0.00695. The molecule has 1 N–H and O–H groups in total. The lowest BCUT2D eigenvalue weighted by atomic mass is 10.1. The summed E-state index contributed by atoms with van der Waals surface area (Å²) in [7, 11) is 4.88. The van der Waals surface area contributed by atoms with Gasteiger partial charge in [0.15, 0.2) is 16.7 Å². The number of thioether (sulfide) groups is 1. The average molecular weight is 594 g/mol. The van der Waals surface area contributed by atoms with Crippen LogP contribution in [0.4, 0.5) is 5.69 Å². The minimum atomic E-state index is -0.536. The highest BCUT2D eigenvalue weighted by Gasteiger charge is 2.18. The van der Waals surface area contributed by atoms with Gasteiger partial charge in [-0.3, -0.25) is 9.98 Å². The first-order valence-corrected chi connectivity index (χ1v) is 14.1. The van der Waals surface area contributed by atoms with E-state index in [2.05, 4.69) is 15.3 Å². The Labute approximate surface area is 249 Å². The molecule has 0 atom stereocenters. The molecule has 3 aromatic carbocycles. The van der Waals surface area contributed by atoms with E-state index in [-0.39, 0.29) is 5.97 Å². The first-order valence-electron chi connectivity index (χ1n) is 12.8. The van der Waals surface area contributed by atoms with Gasteiger partial charge in [-0.05, 0) is 62.7 Å². The molecule has 0 radical (unpaired) electrons. The first-order chi connectivity index (χ1) is 19.6. The van der Waals surface area contributed by atoms with E-state index in [0.717, 1.165) is 10.9 Å². The Kier molecular flexibility index (Phi) is 9.62. The summed E-state index contributed by atoms with van der Waals surface area (Å²) >= 11 is 8.13. The molecule has 8 nitrogen and oxygen atoms in total. The smallest absolute Gasteiger partial charge is 0.338 e. The van der Waals surface area contributed by atoms with Crippen LogP contribution in [0.5, 0.6) is 23.0 Å². The number of carbonyl (C=O) groups is 1. The van der Waals surface area contributed by atoms with Crippen LogP contribution in [0.1, 0.15) is 36.7 Å². The number of halogens is 1. The number of fused-ring (bicyclic) bond motifs is 1. The van der Waals surface area contributed by atoms with Crippen LogP contribution >= 0.6 is 23.4 Å². The molecule has 1 heterocycles. The molecule has 1 aromatic heterocycles. The number of aliphatic imine (C=N–C) groups is 1. The van der Waals surface area contributed by atoms with Gasteiger partial charge in [0.2, 0.25) is 0 Å². The number of amidine groups is 1. The lowest BCUT2D eigenvalue weighted by Crippen LogP contribution is -2.23. The van der Waals surface area contributed by atoms with Gasteiger partial charge >= 0.3 is 5.97 Å². The number of esters is 1. The number of benzene rings is 3. The van der Waals surface area contributed by atoms with Crippen molar-refractivity contribution in [2.75, 3.05) is 26.6 Å². The topological polar surface area (TPSA) is 91.3 Å². The molecule has 4 rings (SSSR count). The SMILES string of the molecule is CN=C(Nc1ccc(Oc2ccnc3cc(OC)c(OC)cc23)cc1Cl)SCc1ccc(C(=O)OC(C)(C)C)cc1. The average Bonchev–Trinajstić information content (AvgIpc) is 2.95. The van der Waals surface area contributed by atoms with Crippen LogP contribution in [0.3, 0.4) is 0 Å². The number of carbonyl (C=O) groups excluding carboxylic acids is 1. The van der Waals surface area contributed by atoms with Crippen molar-refractivity contribution in [3.63, 3.8) is 0 Å².